The maximum Gasteiger partial charge on any atom is 0.331 e. The maximum absolute atomic E-state index is 10.9. The molecule has 1 fully saturated rings. The lowest BCUT2D eigenvalue weighted by Gasteiger charge is -2.26. The smallest absolute Gasteiger partial charge is 0.331 e. The predicted molar refractivity (Wildman–Crippen MR) is 71.0 cm³/mol. The summed E-state index contributed by atoms with van der Waals surface area (Å²) >= 11 is 0. The molecule has 6 nitrogen and oxygen atoms in total. The zero-order chi connectivity index (χ0) is 13.7. The van der Waals surface area contributed by atoms with Crippen molar-refractivity contribution in [2.75, 3.05) is 31.2 Å². The van der Waals surface area contributed by atoms with Crippen LogP contribution >= 0.6 is 0 Å². The van der Waals surface area contributed by atoms with Gasteiger partial charge in [-0.1, -0.05) is 6.92 Å². The van der Waals surface area contributed by atoms with Gasteiger partial charge in [0.05, 0.1) is 13.2 Å². The van der Waals surface area contributed by atoms with E-state index in [0.717, 1.165) is 13.1 Å². The zero-order valence-corrected chi connectivity index (χ0v) is 10.9. The Labute approximate surface area is 111 Å². The second-order valence-corrected chi connectivity index (χ2v) is 4.24. The standard InChI is InChI=1S/C13H17N3O3/c1-2-11(12(17)18)7-10-8-14-13(15-9-10)16-3-5-19-6-4-16/h7-9H,2-6H2,1H3,(H,17,18). The Balaban J connectivity index is 2.11. The van der Waals surface area contributed by atoms with Crippen LogP contribution in [0.3, 0.4) is 0 Å². The number of aliphatic carboxylic acids is 1. The van der Waals surface area contributed by atoms with Crippen molar-refractivity contribution in [2.45, 2.75) is 13.3 Å². The average Bonchev–Trinajstić information content (AvgIpc) is 2.46. The van der Waals surface area contributed by atoms with E-state index in [1.807, 2.05) is 6.92 Å². The molecule has 0 amide bonds. The van der Waals surface area contributed by atoms with Gasteiger partial charge in [-0.3, -0.25) is 0 Å². The van der Waals surface area contributed by atoms with Crippen molar-refractivity contribution in [3.05, 3.63) is 23.5 Å². The largest absolute Gasteiger partial charge is 0.478 e. The SMILES string of the molecule is CCC(=Cc1cnc(N2CCOCC2)nc1)C(=O)O. The van der Waals surface area contributed by atoms with Gasteiger partial charge < -0.3 is 14.7 Å². The van der Waals surface area contributed by atoms with Crippen LogP contribution in [-0.2, 0) is 9.53 Å². The van der Waals surface area contributed by atoms with Crippen LogP contribution in [0.5, 0.6) is 0 Å². The van der Waals surface area contributed by atoms with Crippen LogP contribution < -0.4 is 4.90 Å². The van der Waals surface area contributed by atoms with Crippen molar-refractivity contribution >= 4 is 18.0 Å². The lowest BCUT2D eigenvalue weighted by atomic mass is 10.1. The van der Waals surface area contributed by atoms with Gasteiger partial charge in [-0.05, 0) is 12.5 Å². The zero-order valence-electron chi connectivity index (χ0n) is 10.9. The van der Waals surface area contributed by atoms with Gasteiger partial charge in [0.15, 0.2) is 0 Å². The van der Waals surface area contributed by atoms with E-state index in [0.29, 0.717) is 36.7 Å². The van der Waals surface area contributed by atoms with E-state index >= 15 is 0 Å². The number of nitrogens with zero attached hydrogens (tertiary/aromatic N) is 3. The minimum absolute atomic E-state index is 0.350. The van der Waals surface area contributed by atoms with Crippen molar-refractivity contribution in [3.63, 3.8) is 0 Å². The fourth-order valence-corrected chi connectivity index (χ4v) is 1.85. The normalized spacial score (nSPS) is 16.5. The first-order valence-corrected chi connectivity index (χ1v) is 6.29. The Morgan fingerprint density at radius 2 is 2.05 bits per heavy atom. The molecule has 1 saturated heterocycles. The molecule has 0 bridgehead atoms. The summed E-state index contributed by atoms with van der Waals surface area (Å²) in [7, 11) is 0. The number of aromatic nitrogens is 2. The Hall–Kier alpha value is -1.95. The first-order valence-electron chi connectivity index (χ1n) is 6.29. The minimum atomic E-state index is -0.903. The van der Waals surface area contributed by atoms with Gasteiger partial charge in [-0.2, -0.15) is 0 Å². The highest BCUT2D eigenvalue weighted by Crippen LogP contribution is 2.12. The highest BCUT2D eigenvalue weighted by atomic mass is 16.5. The number of rotatable bonds is 4. The van der Waals surface area contributed by atoms with E-state index in [9.17, 15) is 4.79 Å². The monoisotopic (exact) mass is 263 g/mol. The van der Waals surface area contributed by atoms with Crippen molar-refractivity contribution in [3.8, 4) is 0 Å². The molecular formula is C13H17N3O3. The third-order valence-corrected chi connectivity index (χ3v) is 2.95. The van der Waals surface area contributed by atoms with E-state index in [4.69, 9.17) is 9.84 Å². The molecule has 2 rings (SSSR count). The van der Waals surface area contributed by atoms with E-state index < -0.39 is 5.97 Å². The lowest BCUT2D eigenvalue weighted by molar-refractivity contribution is -0.132. The highest BCUT2D eigenvalue weighted by molar-refractivity contribution is 5.91. The summed E-state index contributed by atoms with van der Waals surface area (Å²) in [5.74, 6) is -0.242. The molecule has 19 heavy (non-hydrogen) atoms. The first kappa shape index (κ1) is 13.5. The molecule has 0 saturated carbocycles. The van der Waals surface area contributed by atoms with Crippen LogP contribution in [0.25, 0.3) is 6.08 Å². The molecular weight excluding hydrogens is 246 g/mol. The van der Waals surface area contributed by atoms with E-state index in [-0.39, 0.29) is 0 Å². The van der Waals surface area contributed by atoms with Crippen LogP contribution in [0.1, 0.15) is 18.9 Å². The van der Waals surface area contributed by atoms with Gasteiger partial charge in [-0.15, -0.1) is 0 Å². The fourth-order valence-electron chi connectivity index (χ4n) is 1.85. The highest BCUT2D eigenvalue weighted by Gasteiger charge is 2.13. The van der Waals surface area contributed by atoms with Crippen LogP contribution in [-0.4, -0.2) is 47.3 Å². The topological polar surface area (TPSA) is 75.5 Å². The summed E-state index contributed by atoms with van der Waals surface area (Å²) in [5, 5.41) is 8.96. The van der Waals surface area contributed by atoms with Gasteiger partial charge in [0.1, 0.15) is 0 Å². The number of anilines is 1. The second-order valence-electron chi connectivity index (χ2n) is 4.24. The number of hydrogen-bond acceptors (Lipinski definition) is 5. The van der Waals surface area contributed by atoms with E-state index in [1.165, 1.54) is 0 Å². The molecule has 1 aliphatic rings. The van der Waals surface area contributed by atoms with Gasteiger partial charge in [-0.25, -0.2) is 14.8 Å². The quantitative estimate of drug-likeness (QED) is 0.822. The van der Waals surface area contributed by atoms with Crippen LogP contribution in [0, 0.1) is 0 Å². The summed E-state index contributed by atoms with van der Waals surface area (Å²) < 4.78 is 5.27. The molecule has 0 atom stereocenters. The molecule has 1 aromatic heterocycles. The van der Waals surface area contributed by atoms with Crippen molar-refractivity contribution < 1.29 is 14.6 Å². The van der Waals surface area contributed by atoms with Gasteiger partial charge in [0, 0.05) is 36.6 Å². The van der Waals surface area contributed by atoms with Crippen molar-refractivity contribution in [1.29, 1.82) is 0 Å². The third kappa shape index (κ3) is 3.51. The molecule has 2 heterocycles. The molecule has 1 aromatic rings. The van der Waals surface area contributed by atoms with Crippen LogP contribution in [0.15, 0.2) is 18.0 Å². The third-order valence-electron chi connectivity index (χ3n) is 2.95. The molecule has 6 heteroatoms. The summed E-state index contributed by atoms with van der Waals surface area (Å²) in [6.45, 7) is 4.74. The average molecular weight is 263 g/mol. The Bertz CT molecular complexity index is 465. The molecule has 0 aliphatic carbocycles. The van der Waals surface area contributed by atoms with E-state index in [2.05, 4.69) is 14.9 Å². The first-order chi connectivity index (χ1) is 9.20. The lowest BCUT2D eigenvalue weighted by Crippen LogP contribution is -2.37. The fraction of sp³-hybridized carbons (Fsp3) is 0.462. The minimum Gasteiger partial charge on any atom is -0.478 e. The Morgan fingerprint density at radius 3 is 2.58 bits per heavy atom. The summed E-state index contributed by atoms with van der Waals surface area (Å²) in [6.07, 6.45) is 5.37. The second kappa shape index (κ2) is 6.29. The summed E-state index contributed by atoms with van der Waals surface area (Å²) in [6, 6.07) is 0. The number of hydrogen-bond donors (Lipinski definition) is 1. The van der Waals surface area contributed by atoms with Crippen LogP contribution in [0.2, 0.25) is 0 Å². The molecule has 102 valence electrons. The number of carbonyl (C=O) groups is 1. The predicted octanol–water partition coefficient (Wildman–Crippen LogP) is 1.19. The number of ether oxygens (including phenoxy) is 1. The number of morpholine rings is 1. The summed E-state index contributed by atoms with van der Waals surface area (Å²) in [5.41, 5.74) is 1.05. The Kier molecular flexibility index (Phi) is 4.46. The van der Waals surface area contributed by atoms with E-state index in [1.54, 1.807) is 18.5 Å². The van der Waals surface area contributed by atoms with Crippen molar-refractivity contribution in [1.82, 2.24) is 9.97 Å². The molecule has 0 radical (unpaired) electrons. The molecule has 0 aromatic carbocycles. The van der Waals surface area contributed by atoms with Crippen LogP contribution in [0.4, 0.5) is 5.95 Å². The Morgan fingerprint density at radius 1 is 1.42 bits per heavy atom. The molecule has 0 spiro atoms. The number of carboxylic acids is 1. The molecule has 1 aliphatic heterocycles. The van der Waals surface area contributed by atoms with Gasteiger partial charge >= 0.3 is 5.97 Å². The van der Waals surface area contributed by atoms with Gasteiger partial charge in [0.25, 0.3) is 0 Å². The summed E-state index contributed by atoms with van der Waals surface area (Å²) in [4.78, 5) is 21.5. The maximum atomic E-state index is 10.9. The molecule has 1 N–H and O–H groups in total. The number of carboxylic acid groups (broad SMARTS) is 1. The van der Waals surface area contributed by atoms with Crippen molar-refractivity contribution in [2.24, 2.45) is 0 Å². The van der Waals surface area contributed by atoms with Gasteiger partial charge in [0.2, 0.25) is 5.95 Å². The molecule has 0 unspecified atom stereocenters.